The van der Waals surface area contributed by atoms with E-state index >= 15 is 0 Å². The van der Waals surface area contributed by atoms with Gasteiger partial charge in [-0.25, -0.2) is 8.42 Å². The summed E-state index contributed by atoms with van der Waals surface area (Å²) >= 11 is 0. The molecule has 4 rings (SSSR count). The Morgan fingerprint density at radius 1 is 0.745 bits per heavy atom. The van der Waals surface area contributed by atoms with Crippen LogP contribution in [0.15, 0.2) is 108 Å². The van der Waals surface area contributed by atoms with Crippen molar-refractivity contribution in [3.05, 3.63) is 114 Å². The number of hydrogen-bond acceptors (Lipinski definition) is 7. The third-order valence-corrected chi connectivity index (χ3v) is 9.23. The topological polar surface area (TPSA) is 114 Å². The summed E-state index contributed by atoms with van der Waals surface area (Å²) in [5, 5.41) is 2.96. The van der Waals surface area contributed by atoms with Crippen LogP contribution in [0.2, 0.25) is 0 Å². The van der Waals surface area contributed by atoms with E-state index in [9.17, 15) is 18.0 Å². The lowest BCUT2D eigenvalue weighted by Crippen LogP contribution is -2.54. The standard InChI is InChI=1S/C36H41N3O7S/c1-26(2)37-36(41)33(22-27-13-8-6-9-14-27)38(24-28-15-12-16-29(21-28)44-3)35(40)25-39(47(42,43)31-17-10-7-11-18-31)32-23-30(45-4)19-20-34(32)46-5/h6-21,23,26,33H,22,24-25H2,1-5H3,(H,37,41)/t33-/m0/s1. The van der Waals surface area contributed by atoms with E-state index in [1.165, 1.54) is 37.3 Å². The second-order valence-electron chi connectivity index (χ2n) is 11.1. The number of ether oxygens (including phenoxy) is 3. The molecule has 4 aromatic rings. The van der Waals surface area contributed by atoms with Crippen LogP contribution in [0.5, 0.6) is 17.2 Å². The van der Waals surface area contributed by atoms with Crippen molar-refractivity contribution < 1.29 is 32.2 Å². The average molecular weight is 660 g/mol. The van der Waals surface area contributed by atoms with Gasteiger partial charge in [0.1, 0.15) is 29.8 Å². The van der Waals surface area contributed by atoms with E-state index in [2.05, 4.69) is 5.32 Å². The maximum Gasteiger partial charge on any atom is 0.264 e. The minimum atomic E-state index is -4.32. The second-order valence-corrected chi connectivity index (χ2v) is 13.0. The number of methoxy groups -OCH3 is 3. The van der Waals surface area contributed by atoms with Gasteiger partial charge in [0.05, 0.1) is 31.9 Å². The van der Waals surface area contributed by atoms with Gasteiger partial charge in [-0.3, -0.25) is 13.9 Å². The number of anilines is 1. The molecule has 0 spiro atoms. The van der Waals surface area contributed by atoms with Crippen molar-refractivity contribution in [2.45, 2.75) is 43.8 Å². The number of carbonyl (C=O) groups is 2. The minimum absolute atomic E-state index is 0.00746. The molecular formula is C36H41N3O7S. The summed E-state index contributed by atoms with van der Waals surface area (Å²) in [6.45, 7) is 3.06. The largest absolute Gasteiger partial charge is 0.497 e. The quantitative estimate of drug-likeness (QED) is 0.190. The van der Waals surface area contributed by atoms with Crippen LogP contribution in [0.3, 0.4) is 0 Å². The molecule has 0 heterocycles. The summed E-state index contributed by atoms with van der Waals surface area (Å²) in [4.78, 5) is 30.0. The Labute approximate surface area is 276 Å². The highest BCUT2D eigenvalue weighted by atomic mass is 32.2. The number of amides is 2. The summed E-state index contributed by atoms with van der Waals surface area (Å²) in [7, 11) is 0.109. The first-order valence-corrected chi connectivity index (χ1v) is 16.6. The molecule has 0 aliphatic heterocycles. The molecule has 10 nitrogen and oxygen atoms in total. The van der Waals surface area contributed by atoms with Crippen LogP contribution < -0.4 is 23.8 Å². The number of nitrogens with zero attached hydrogens (tertiary/aromatic N) is 2. The van der Waals surface area contributed by atoms with Crippen LogP contribution in [0.1, 0.15) is 25.0 Å². The first-order chi connectivity index (χ1) is 22.6. The second kappa shape index (κ2) is 16.0. The maximum atomic E-state index is 14.7. The average Bonchev–Trinajstić information content (AvgIpc) is 3.08. The van der Waals surface area contributed by atoms with Gasteiger partial charge in [-0.2, -0.15) is 0 Å². The molecule has 2 amide bonds. The molecule has 0 saturated heterocycles. The van der Waals surface area contributed by atoms with E-state index in [4.69, 9.17) is 14.2 Å². The van der Waals surface area contributed by atoms with Crippen LogP contribution in [0.4, 0.5) is 5.69 Å². The zero-order valence-corrected chi connectivity index (χ0v) is 28.1. The van der Waals surface area contributed by atoms with Gasteiger partial charge in [-0.15, -0.1) is 0 Å². The van der Waals surface area contributed by atoms with E-state index in [1.807, 2.05) is 50.2 Å². The summed E-state index contributed by atoms with van der Waals surface area (Å²) in [6, 6.07) is 27.9. The molecule has 0 bridgehead atoms. The van der Waals surface area contributed by atoms with Gasteiger partial charge in [0.15, 0.2) is 0 Å². The maximum absolute atomic E-state index is 14.7. The Hall–Kier alpha value is -5.03. The minimum Gasteiger partial charge on any atom is -0.497 e. The Morgan fingerprint density at radius 2 is 1.36 bits per heavy atom. The number of nitrogens with one attached hydrogen (secondary N) is 1. The van der Waals surface area contributed by atoms with Gasteiger partial charge >= 0.3 is 0 Å². The van der Waals surface area contributed by atoms with Crippen LogP contribution >= 0.6 is 0 Å². The first-order valence-electron chi connectivity index (χ1n) is 15.1. The Bertz CT molecular complexity index is 1750. The van der Waals surface area contributed by atoms with Gasteiger partial charge in [0.2, 0.25) is 11.8 Å². The van der Waals surface area contributed by atoms with E-state index in [1.54, 1.807) is 55.6 Å². The number of hydrogen-bond donors (Lipinski definition) is 1. The van der Waals surface area contributed by atoms with Crippen molar-refractivity contribution >= 4 is 27.5 Å². The van der Waals surface area contributed by atoms with Crippen LogP contribution in [0.25, 0.3) is 0 Å². The summed E-state index contributed by atoms with van der Waals surface area (Å²) in [6.07, 6.45) is 0.197. The Balaban J connectivity index is 1.87. The van der Waals surface area contributed by atoms with E-state index in [-0.39, 0.29) is 41.2 Å². The van der Waals surface area contributed by atoms with Crippen molar-refractivity contribution in [1.82, 2.24) is 10.2 Å². The van der Waals surface area contributed by atoms with Crippen LogP contribution in [0, 0.1) is 0 Å². The molecule has 248 valence electrons. The Morgan fingerprint density at radius 3 is 1.98 bits per heavy atom. The zero-order valence-electron chi connectivity index (χ0n) is 27.3. The number of rotatable bonds is 15. The SMILES string of the molecule is COc1cccc(CN(C(=O)CN(c2cc(OC)ccc2OC)S(=O)(=O)c2ccccc2)[C@@H](Cc2ccccc2)C(=O)NC(C)C)c1. The zero-order chi connectivity index (χ0) is 34.0. The van der Waals surface area contributed by atoms with Gasteiger partial charge in [-0.1, -0.05) is 60.7 Å². The van der Waals surface area contributed by atoms with Crippen molar-refractivity contribution in [3.63, 3.8) is 0 Å². The van der Waals surface area contributed by atoms with E-state index < -0.39 is 28.5 Å². The molecule has 1 atom stereocenters. The fraction of sp³-hybridized carbons (Fsp3) is 0.278. The molecule has 0 aromatic heterocycles. The molecule has 11 heteroatoms. The van der Waals surface area contributed by atoms with Crippen molar-refractivity contribution in [1.29, 1.82) is 0 Å². The molecule has 47 heavy (non-hydrogen) atoms. The Kier molecular flexibility index (Phi) is 11.9. The molecular weight excluding hydrogens is 618 g/mol. The molecule has 4 aromatic carbocycles. The number of sulfonamides is 1. The third kappa shape index (κ3) is 8.82. The number of carbonyl (C=O) groups excluding carboxylic acids is 2. The molecule has 0 aliphatic rings. The fourth-order valence-electron chi connectivity index (χ4n) is 5.13. The predicted octanol–water partition coefficient (Wildman–Crippen LogP) is 5.07. The lowest BCUT2D eigenvalue weighted by Gasteiger charge is -2.34. The van der Waals surface area contributed by atoms with E-state index in [0.29, 0.717) is 17.1 Å². The summed E-state index contributed by atoms with van der Waals surface area (Å²) < 4.78 is 46.0. The van der Waals surface area contributed by atoms with Crippen molar-refractivity contribution in [2.75, 3.05) is 32.2 Å². The van der Waals surface area contributed by atoms with Gasteiger partial charge in [0, 0.05) is 25.1 Å². The molecule has 0 radical (unpaired) electrons. The predicted molar refractivity (Wildman–Crippen MR) is 181 cm³/mol. The summed E-state index contributed by atoms with van der Waals surface area (Å²) in [5.41, 5.74) is 1.64. The molecule has 1 N–H and O–H groups in total. The van der Waals surface area contributed by atoms with Crippen LogP contribution in [-0.2, 0) is 32.6 Å². The van der Waals surface area contributed by atoms with E-state index in [0.717, 1.165) is 9.87 Å². The monoisotopic (exact) mass is 659 g/mol. The highest BCUT2D eigenvalue weighted by Crippen LogP contribution is 2.36. The lowest BCUT2D eigenvalue weighted by molar-refractivity contribution is -0.140. The van der Waals surface area contributed by atoms with Gasteiger partial charge in [0.25, 0.3) is 10.0 Å². The third-order valence-electron chi connectivity index (χ3n) is 7.45. The number of benzene rings is 4. The van der Waals surface area contributed by atoms with Crippen molar-refractivity contribution in [3.8, 4) is 17.2 Å². The van der Waals surface area contributed by atoms with Crippen molar-refractivity contribution in [2.24, 2.45) is 0 Å². The first kappa shape index (κ1) is 34.8. The normalized spacial score (nSPS) is 11.8. The van der Waals surface area contributed by atoms with Gasteiger partial charge in [-0.05, 0) is 61.4 Å². The van der Waals surface area contributed by atoms with Gasteiger partial charge < -0.3 is 24.4 Å². The highest BCUT2D eigenvalue weighted by Gasteiger charge is 2.36. The molecule has 0 unspecified atom stereocenters. The highest BCUT2D eigenvalue weighted by molar-refractivity contribution is 7.92. The van der Waals surface area contributed by atoms with Crippen LogP contribution in [-0.4, -0.2) is 65.1 Å². The molecule has 0 fully saturated rings. The smallest absolute Gasteiger partial charge is 0.264 e. The molecule has 0 aliphatic carbocycles. The molecule has 0 saturated carbocycles. The lowest BCUT2D eigenvalue weighted by atomic mass is 10.0. The fourth-order valence-corrected chi connectivity index (χ4v) is 6.56. The summed E-state index contributed by atoms with van der Waals surface area (Å²) in [5.74, 6) is 0.202.